The number of hydrogen-bond acceptors (Lipinski definition) is 10. The Hall–Kier alpha value is -3.54. The fourth-order valence-electron chi connectivity index (χ4n) is 6.09. The Morgan fingerprint density at radius 1 is 1.22 bits per heavy atom. The summed E-state index contributed by atoms with van der Waals surface area (Å²) in [6.07, 6.45) is 12.3. The molecule has 3 atom stereocenters. The predicted molar refractivity (Wildman–Crippen MR) is 156 cm³/mol. The summed E-state index contributed by atoms with van der Waals surface area (Å²) in [7, 11) is 0. The van der Waals surface area contributed by atoms with Gasteiger partial charge in [0.15, 0.2) is 0 Å². The molecular formula is C30H39N7O4. The third kappa shape index (κ3) is 6.22. The first-order chi connectivity index (χ1) is 20.1. The Morgan fingerprint density at radius 3 is 2.90 bits per heavy atom. The maximum atomic E-state index is 12.0. The molecule has 2 saturated heterocycles. The van der Waals surface area contributed by atoms with Crippen LogP contribution in [0, 0.1) is 0 Å². The molecule has 0 radical (unpaired) electrons. The second kappa shape index (κ2) is 12.5. The van der Waals surface area contributed by atoms with Crippen molar-refractivity contribution in [1.82, 2.24) is 20.3 Å². The highest BCUT2D eigenvalue weighted by atomic mass is 16.7. The van der Waals surface area contributed by atoms with Gasteiger partial charge < -0.3 is 30.1 Å². The number of anilines is 3. The van der Waals surface area contributed by atoms with Crippen molar-refractivity contribution in [2.75, 3.05) is 55.1 Å². The van der Waals surface area contributed by atoms with Gasteiger partial charge in [-0.2, -0.15) is 0 Å². The monoisotopic (exact) mass is 561 g/mol. The maximum Gasteiger partial charge on any atom is 0.322 e. The molecule has 3 aliphatic heterocycles. The van der Waals surface area contributed by atoms with Crippen LogP contribution in [-0.4, -0.2) is 83.8 Å². The molecule has 4 aliphatic rings. The first-order valence-corrected chi connectivity index (χ1v) is 14.7. The number of pyridine rings is 1. The molecular weight excluding hydrogens is 522 g/mol. The van der Waals surface area contributed by atoms with E-state index in [-0.39, 0.29) is 25.5 Å². The van der Waals surface area contributed by atoms with Crippen molar-refractivity contribution in [2.24, 2.45) is 0 Å². The third-order valence-electron chi connectivity index (χ3n) is 8.45. The van der Waals surface area contributed by atoms with Crippen LogP contribution in [0.2, 0.25) is 0 Å². The van der Waals surface area contributed by atoms with Gasteiger partial charge in [0.2, 0.25) is 0 Å². The van der Waals surface area contributed by atoms with E-state index in [1.807, 2.05) is 18.2 Å². The molecule has 0 saturated carbocycles. The minimum Gasteiger partial charge on any atom is -0.480 e. The quantitative estimate of drug-likeness (QED) is 0.341. The number of nitrogens with zero attached hydrogens (tertiary/aromatic N) is 4. The van der Waals surface area contributed by atoms with E-state index in [0.717, 1.165) is 74.5 Å². The van der Waals surface area contributed by atoms with Crippen LogP contribution in [0.25, 0.3) is 0 Å². The van der Waals surface area contributed by atoms with Gasteiger partial charge >= 0.3 is 5.97 Å². The number of carboxylic acid groups (broad SMARTS) is 1. The zero-order chi connectivity index (χ0) is 28.2. The van der Waals surface area contributed by atoms with Crippen LogP contribution < -0.4 is 20.9 Å². The summed E-state index contributed by atoms with van der Waals surface area (Å²) in [4.78, 5) is 28.5. The minimum atomic E-state index is -0.920. The van der Waals surface area contributed by atoms with E-state index in [1.54, 1.807) is 6.33 Å². The first-order valence-electron chi connectivity index (χ1n) is 14.7. The van der Waals surface area contributed by atoms with Gasteiger partial charge in [-0.1, -0.05) is 25.1 Å². The lowest BCUT2D eigenvalue weighted by atomic mass is 9.92. The fourth-order valence-corrected chi connectivity index (χ4v) is 6.09. The summed E-state index contributed by atoms with van der Waals surface area (Å²) >= 11 is 0. The highest BCUT2D eigenvalue weighted by Gasteiger charge is 2.29. The van der Waals surface area contributed by atoms with Crippen molar-refractivity contribution in [3.63, 3.8) is 0 Å². The van der Waals surface area contributed by atoms with Gasteiger partial charge in [-0.25, -0.2) is 15.0 Å². The number of aliphatic carboxylic acids is 1. The molecule has 2 aromatic rings. The Balaban J connectivity index is 1.07. The van der Waals surface area contributed by atoms with Gasteiger partial charge in [-0.3, -0.25) is 10.1 Å². The first kappa shape index (κ1) is 27.6. The van der Waals surface area contributed by atoms with Crippen molar-refractivity contribution in [3.8, 4) is 0 Å². The summed E-state index contributed by atoms with van der Waals surface area (Å²) in [5.74, 6) is 2.18. The molecule has 1 aliphatic carbocycles. The SMILES string of the molecule is CCc1c(NC[C@H](NCC2=CC3OCOC3C=C2)C(=O)O)ncnc1N1CCC(c2ccc3c(n2)NCCC3)CC1. The molecule has 0 amide bonds. The molecule has 2 unspecified atom stereocenters. The van der Waals surface area contributed by atoms with Crippen LogP contribution >= 0.6 is 0 Å². The molecule has 2 fully saturated rings. The highest BCUT2D eigenvalue weighted by molar-refractivity contribution is 5.74. The van der Waals surface area contributed by atoms with Gasteiger partial charge in [0, 0.05) is 49.9 Å². The Morgan fingerprint density at radius 2 is 2.07 bits per heavy atom. The number of aryl methyl sites for hydroxylation is 1. The third-order valence-corrected chi connectivity index (χ3v) is 8.45. The molecule has 0 spiro atoms. The van der Waals surface area contributed by atoms with Crippen molar-refractivity contribution in [1.29, 1.82) is 0 Å². The largest absolute Gasteiger partial charge is 0.480 e. The molecule has 11 nitrogen and oxygen atoms in total. The summed E-state index contributed by atoms with van der Waals surface area (Å²) in [6, 6.07) is 3.66. The summed E-state index contributed by atoms with van der Waals surface area (Å²) in [6.45, 7) is 5.75. The minimum absolute atomic E-state index is 0.0570. The Bertz CT molecular complexity index is 1310. The van der Waals surface area contributed by atoms with Crippen LogP contribution in [-0.2, 0) is 27.1 Å². The van der Waals surface area contributed by atoms with E-state index in [1.165, 1.54) is 11.3 Å². The van der Waals surface area contributed by atoms with Crippen LogP contribution in [0.5, 0.6) is 0 Å². The van der Waals surface area contributed by atoms with Gasteiger partial charge in [0.05, 0.1) is 0 Å². The van der Waals surface area contributed by atoms with Gasteiger partial charge in [0.1, 0.15) is 48.8 Å². The molecule has 5 heterocycles. The number of ether oxygens (including phenoxy) is 2. The normalized spacial score (nSPS) is 22.9. The summed E-state index contributed by atoms with van der Waals surface area (Å²) in [5, 5.41) is 19.8. The van der Waals surface area contributed by atoms with E-state index in [0.29, 0.717) is 18.3 Å². The predicted octanol–water partition coefficient (Wildman–Crippen LogP) is 2.87. The van der Waals surface area contributed by atoms with Crippen molar-refractivity contribution in [2.45, 2.75) is 63.2 Å². The van der Waals surface area contributed by atoms with Crippen molar-refractivity contribution >= 4 is 23.4 Å². The molecule has 2 aromatic heterocycles. The highest BCUT2D eigenvalue weighted by Crippen LogP contribution is 2.33. The molecule has 0 bridgehead atoms. The lowest BCUT2D eigenvalue weighted by molar-refractivity contribution is -0.139. The number of piperidine rings is 1. The molecule has 11 heteroatoms. The van der Waals surface area contributed by atoms with Crippen LogP contribution in [0.15, 0.2) is 42.3 Å². The van der Waals surface area contributed by atoms with E-state index >= 15 is 0 Å². The maximum absolute atomic E-state index is 12.0. The lowest BCUT2D eigenvalue weighted by Crippen LogP contribution is -2.43. The second-order valence-corrected chi connectivity index (χ2v) is 11.0. The number of aromatic nitrogens is 3. The smallest absolute Gasteiger partial charge is 0.322 e. The van der Waals surface area contributed by atoms with E-state index < -0.39 is 12.0 Å². The van der Waals surface area contributed by atoms with E-state index in [2.05, 4.69) is 49.9 Å². The number of carbonyl (C=O) groups is 1. The Labute approximate surface area is 240 Å². The number of hydrogen-bond donors (Lipinski definition) is 4. The molecule has 0 aromatic carbocycles. The zero-order valence-corrected chi connectivity index (χ0v) is 23.5. The van der Waals surface area contributed by atoms with Crippen molar-refractivity contribution in [3.05, 3.63) is 59.1 Å². The average molecular weight is 562 g/mol. The van der Waals surface area contributed by atoms with Gasteiger partial charge in [-0.15, -0.1) is 0 Å². The van der Waals surface area contributed by atoms with Crippen LogP contribution in [0.1, 0.15) is 48.9 Å². The molecule has 4 N–H and O–H groups in total. The van der Waals surface area contributed by atoms with Gasteiger partial charge in [0.25, 0.3) is 0 Å². The summed E-state index contributed by atoms with van der Waals surface area (Å²) in [5.41, 5.74) is 4.48. The number of fused-ring (bicyclic) bond motifs is 2. The lowest BCUT2D eigenvalue weighted by Gasteiger charge is -2.34. The Kier molecular flexibility index (Phi) is 8.45. The molecule has 218 valence electrons. The van der Waals surface area contributed by atoms with Gasteiger partial charge in [-0.05, 0) is 55.4 Å². The number of nitrogens with one attached hydrogen (secondary N) is 3. The number of rotatable bonds is 10. The summed E-state index contributed by atoms with van der Waals surface area (Å²) < 4.78 is 11.0. The van der Waals surface area contributed by atoms with Crippen LogP contribution in [0.3, 0.4) is 0 Å². The fraction of sp³-hybridized carbons (Fsp3) is 0.533. The van der Waals surface area contributed by atoms with E-state index in [9.17, 15) is 9.90 Å². The molecule has 41 heavy (non-hydrogen) atoms. The van der Waals surface area contributed by atoms with E-state index in [4.69, 9.17) is 14.5 Å². The van der Waals surface area contributed by atoms with Crippen molar-refractivity contribution < 1.29 is 19.4 Å². The standard InChI is InChI=1S/C30H39N7O4/c1-2-22-28(33-16-24(30(38)39)32-15-19-5-8-25-26(14-19)41-18-40-25)34-17-35-29(22)37-12-9-20(10-13-37)23-7-6-21-4-3-11-31-27(21)36-23/h5-8,14,17,20,24-26,32H,2-4,9-13,15-16,18H2,1H3,(H,31,36)(H,38,39)(H,33,34,35)/t24-,25?,26?/m0/s1. The second-order valence-electron chi connectivity index (χ2n) is 11.0. The average Bonchev–Trinajstić information content (AvgIpc) is 3.48. The number of carboxylic acids is 1. The van der Waals surface area contributed by atoms with Crippen LogP contribution in [0.4, 0.5) is 17.5 Å². The topological polar surface area (TPSA) is 134 Å². The zero-order valence-electron chi connectivity index (χ0n) is 23.5. The molecule has 6 rings (SSSR count).